The number of hydrogen-bond acceptors (Lipinski definition) is 4. The number of nitrogens with zero attached hydrogens (tertiary/aromatic N) is 1. The van der Waals surface area contributed by atoms with E-state index in [2.05, 4.69) is 15.0 Å². The smallest absolute Gasteiger partial charge is 0.339 e. The summed E-state index contributed by atoms with van der Waals surface area (Å²) in [6.07, 6.45) is 3.95. The molecule has 92 valence electrons. The van der Waals surface area contributed by atoms with Crippen LogP contribution in [0.2, 0.25) is 0 Å². The Morgan fingerprint density at radius 2 is 2.29 bits per heavy atom. The van der Waals surface area contributed by atoms with E-state index in [1.165, 1.54) is 26.4 Å². The number of ether oxygens (including phenoxy) is 1. The number of aryl methyl sites for hydroxylation is 1. The number of aromatic nitrogens is 1. The van der Waals surface area contributed by atoms with Gasteiger partial charge in [-0.25, -0.2) is 9.78 Å². The highest BCUT2D eigenvalue weighted by atomic mass is 16.5. The first-order valence-corrected chi connectivity index (χ1v) is 6.00. The van der Waals surface area contributed by atoms with Crippen LogP contribution in [-0.2, 0) is 4.74 Å². The van der Waals surface area contributed by atoms with Crippen molar-refractivity contribution in [2.45, 2.75) is 26.2 Å². The molecule has 4 nitrogen and oxygen atoms in total. The van der Waals surface area contributed by atoms with Crippen LogP contribution < -0.4 is 5.32 Å². The third kappa shape index (κ3) is 3.19. The van der Waals surface area contributed by atoms with Gasteiger partial charge < -0.3 is 10.1 Å². The minimum Gasteiger partial charge on any atom is -0.465 e. The number of nitrogens with one attached hydrogen (secondary N) is 1. The molecule has 0 spiro atoms. The molecule has 0 bridgehead atoms. The molecule has 0 aliphatic heterocycles. The van der Waals surface area contributed by atoms with Crippen LogP contribution in [0.25, 0.3) is 0 Å². The molecule has 1 aliphatic carbocycles. The van der Waals surface area contributed by atoms with Crippen molar-refractivity contribution < 1.29 is 9.53 Å². The first-order valence-electron chi connectivity index (χ1n) is 6.00. The van der Waals surface area contributed by atoms with Crippen molar-refractivity contribution in [1.82, 2.24) is 4.98 Å². The molecule has 17 heavy (non-hydrogen) atoms. The fraction of sp³-hybridized carbons (Fsp3) is 0.538. The summed E-state index contributed by atoms with van der Waals surface area (Å²) < 4.78 is 4.68. The van der Waals surface area contributed by atoms with Crippen molar-refractivity contribution in [3.8, 4) is 0 Å². The molecule has 1 aliphatic rings. The van der Waals surface area contributed by atoms with E-state index in [1.807, 2.05) is 13.0 Å². The second kappa shape index (κ2) is 5.17. The Hall–Kier alpha value is -1.58. The van der Waals surface area contributed by atoms with E-state index in [0.29, 0.717) is 11.3 Å². The van der Waals surface area contributed by atoms with Gasteiger partial charge in [0.2, 0.25) is 0 Å². The highest BCUT2D eigenvalue weighted by molar-refractivity contribution is 5.90. The predicted molar refractivity (Wildman–Crippen MR) is 66.1 cm³/mol. The second-order valence-electron chi connectivity index (χ2n) is 4.48. The molecule has 1 heterocycles. The lowest BCUT2D eigenvalue weighted by Crippen LogP contribution is -2.09. The molecule has 1 saturated carbocycles. The molecule has 0 amide bonds. The Labute approximate surface area is 101 Å². The molecule has 0 unspecified atom stereocenters. The van der Waals surface area contributed by atoms with E-state index in [1.54, 1.807) is 6.07 Å². The lowest BCUT2D eigenvalue weighted by Gasteiger charge is -2.08. The van der Waals surface area contributed by atoms with E-state index >= 15 is 0 Å². The number of hydrogen-bond donors (Lipinski definition) is 1. The number of anilines is 1. The minimum atomic E-state index is -0.334. The Morgan fingerprint density at radius 3 is 2.88 bits per heavy atom. The van der Waals surface area contributed by atoms with Crippen LogP contribution in [0.4, 0.5) is 5.82 Å². The first-order chi connectivity index (χ1) is 8.20. The number of rotatable bonds is 5. The SMILES string of the molecule is COC(=O)c1ccc(NCCC2CC2)nc1C. The molecule has 1 aromatic rings. The summed E-state index contributed by atoms with van der Waals surface area (Å²) in [6, 6.07) is 3.58. The van der Waals surface area contributed by atoms with Gasteiger partial charge in [0.1, 0.15) is 5.82 Å². The molecule has 1 aromatic heterocycles. The zero-order chi connectivity index (χ0) is 12.3. The van der Waals surface area contributed by atoms with E-state index < -0.39 is 0 Å². The second-order valence-corrected chi connectivity index (χ2v) is 4.48. The van der Waals surface area contributed by atoms with Gasteiger partial charge in [0.05, 0.1) is 18.4 Å². The summed E-state index contributed by atoms with van der Waals surface area (Å²) >= 11 is 0. The monoisotopic (exact) mass is 234 g/mol. The van der Waals surface area contributed by atoms with Gasteiger partial charge in [-0.3, -0.25) is 0 Å². The van der Waals surface area contributed by atoms with Crippen LogP contribution in [0.15, 0.2) is 12.1 Å². The minimum absolute atomic E-state index is 0.334. The number of esters is 1. The summed E-state index contributed by atoms with van der Waals surface area (Å²) in [4.78, 5) is 15.7. The van der Waals surface area contributed by atoms with Crippen LogP contribution in [0.3, 0.4) is 0 Å². The topological polar surface area (TPSA) is 51.2 Å². The van der Waals surface area contributed by atoms with Gasteiger partial charge in [-0.2, -0.15) is 0 Å². The molecule has 0 radical (unpaired) electrons. The van der Waals surface area contributed by atoms with Crippen molar-refractivity contribution in [2.75, 3.05) is 19.0 Å². The highest BCUT2D eigenvalue weighted by Crippen LogP contribution is 2.32. The zero-order valence-electron chi connectivity index (χ0n) is 10.3. The summed E-state index contributed by atoms with van der Waals surface area (Å²) in [5.74, 6) is 1.41. The van der Waals surface area contributed by atoms with E-state index in [9.17, 15) is 4.79 Å². The predicted octanol–water partition coefficient (Wildman–Crippen LogP) is 2.39. The van der Waals surface area contributed by atoms with Gasteiger partial charge in [-0.05, 0) is 31.4 Å². The Morgan fingerprint density at radius 1 is 1.53 bits per heavy atom. The highest BCUT2D eigenvalue weighted by Gasteiger charge is 2.20. The summed E-state index contributed by atoms with van der Waals surface area (Å²) in [7, 11) is 1.38. The number of methoxy groups -OCH3 is 1. The standard InChI is InChI=1S/C13H18N2O2/c1-9-11(13(16)17-2)5-6-12(15-9)14-8-7-10-3-4-10/h5-6,10H,3-4,7-8H2,1-2H3,(H,14,15). The average Bonchev–Trinajstić information content (AvgIpc) is 3.12. The molecule has 1 fully saturated rings. The Kier molecular flexibility index (Phi) is 3.61. The van der Waals surface area contributed by atoms with Crippen molar-refractivity contribution in [1.29, 1.82) is 0 Å². The van der Waals surface area contributed by atoms with E-state index in [0.717, 1.165) is 18.3 Å². The van der Waals surface area contributed by atoms with E-state index in [4.69, 9.17) is 0 Å². The first kappa shape index (κ1) is 11.9. The van der Waals surface area contributed by atoms with Crippen molar-refractivity contribution >= 4 is 11.8 Å². The maximum absolute atomic E-state index is 11.4. The molecule has 1 N–H and O–H groups in total. The van der Waals surface area contributed by atoms with Crippen LogP contribution in [0.5, 0.6) is 0 Å². The van der Waals surface area contributed by atoms with E-state index in [-0.39, 0.29) is 5.97 Å². The summed E-state index contributed by atoms with van der Waals surface area (Å²) in [5, 5.41) is 3.28. The van der Waals surface area contributed by atoms with Gasteiger partial charge in [0, 0.05) is 6.54 Å². The van der Waals surface area contributed by atoms with Crippen molar-refractivity contribution in [3.63, 3.8) is 0 Å². The normalized spacial score (nSPS) is 14.5. The maximum Gasteiger partial charge on any atom is 0.339 e. The van der Waals surface area contributed by atoms with Gasteiger partial charge in [0.25, 0.3) is 0 Å². The summed E-state index contributed by atoms with van der Waals surface area (Å²) in [5.41, 5.74) is 1.23. The third-order valence-electron chi connectivity index (χ3n) is 3.05. The van der Waals surface area contributed by atoms with Gasteiger partial charge in [-0.15, -0.1) is 0 Å². The number of carbonyl (C=O) groups is 1. The summed E-state index contributed by atoms with van der Waals surface area (Å²) in [6.45, 7) is 2.77. The van der Waals surface area contributed by atoms with Gasteiger partial charge in [-0.1, -0.05) is 12.8 Å². The maximum atomic E-state index is 11.4. The zero-order valence-corrected chi connectivity index (χ0v) is 10.3. The van der Waals surface area contributed by atoms with Crippen molar-refractivity contribution in [3.05, 3.63) is 23.4 Å². The molecule has 0 atom stereocenters. The van der Waals surface area contributed by atoms with Gasteiger partial charge in [0.15, 0.2) is 0 Å². The van der Waals surface area contributed by atoms with Crippen LogP contribution in [-0.4, -0.2) is 24.6 Å². The number of pyridine rings is 1. The Balaban J connectivity index is 1.94. The molecular weight excluding hydrogens is 216 g/mol. The largest absolute Gasteiger partial charge is 0.465 e. The number of carbonyl (C=O) groups excluding carboxylic acids is 1. The molecular formula is C13H18N2O2. The molecule has 2 rings (SSSR count). The van der Waals surface area contributed by atoms with Crippen LogP contribution in [0.1, 0.15) is 35.3 Å². The van der Waals surface area contributed by atoms with Gasteiger partial charge >= 0.3 is 5.97 Å². The quantitative estimate of drug-likeness (QED) is 0.795. The fourth-order valence-corrected chi connectivity index (χ4v) is 1.80. The molecule has 0 saturated heterocycles. The third-order valence-corrected chi connectivity index (χ3v) is 3.05. The molecule has 0 aromatic carbocycles. The van der Waals surface area contributed by atoms with Crippen LogP contribution >= 0.6 is 0 Å². The Bertz CT molecular complexity index is 414. The van der Waals surface area contributed by atoms with Crippen LogP contribution in [0, 0.1) is 12.8 Å². The lowest BCUT2D eigenvalue weighted by molar-refractivity contribution is 0.0599. The lowest BCUT2D eigenvalue weighted by atomic mass is 10.2. The average molecular weight is 234 g/mol. The van der Waals surface area contributed by atoms with Crippen molar-refractivity contribution in [2.24, 2.45) is 5.92 Å². The fourth-order valence-electron chi connectivity index (χ4n) is 1.80. The molecule has 4 heteroatoms.